The summed E-state index contributed by atoms with van der Waals surface area (Å²) in [4.78, 5) is 0. The molecule has 1 aliphatic rings. The quantitative estimate of drug-likeness (QED) is 0.834. The molecule has 94 valence electrons. The Balaban J connectivity index is 1.82. The van der Waals surface area contributed by atoms with Crippen molar-refractivity contribution in [3.63, 3.8) is 0 Å². The Labute approximate surface area is 112 Å². The van der Waals surface area contributed by atoms with E-state index in [0.29, 0.717) is 15.5 Å². The van der Waals surface area contributed by atoms with Crippen LogP contribution in [0.2, 0.25) is 10.0 Å². The zero-order valence-corrected chi connectivity index (χ0v) is 11.2. The van der Waals surface area contributed by atoms with E-state index in [2.05, 4.69) is 5.32 Å². The van der Waals surface area contributed by atoms with Gasteiger partial charge in [0.2, 0.25) is 0 Å². The molecule has 0 aromatic heterocycles. The Morgan fingerprint density at radius 2 is 2.06 bits per heavy atom. The van der Waals surface area contributed by atoms with Crippen molar-refractivity contribution in [2.75, 3.05) is 13.2 Å². The van der Waals surface area contributed by atoms with Gasteiger partial charge in [-0.05, 0) is 42.4 Å². The molecule has 0 amide bonds. The highest BCUT2D eigenvalue weighted by molar-refractivity contribution is 6.35. The van der Waals surface area contributed by atoms with Gasteiger partial charge >= 0.3 is 0 Å². The molecule has 4 heteroatoms. The van der Waals surface area contributed by atoms with E-state index in [-0.39, 0.29) is 6.61 Å². The first-order valence-electron chi connectivity index (χ1n) is 5.91. The first kappa shape index (κ1) is 13.2. The van der Waals surface area contributed by atoms with Gasteiger partial charge in [0.25, 0.3) is 0 Å². The minimum atomic E-state index is 0.281. The molecule has 2 nitrogen and oxygen atoms in total. The van der Waals surface area contributed by atoms with Crippen LogP contribution in [0.1, 0.15) is 24.8 Å². The van der Waals surface area contributed by atoms with Crippen LogP contribution in [0.25, 0.3) is 0 Å². The van der Waals surface area contributed by atoms with Crippen LogP contribution in [0, 0.1) is 5.41 Å². The summed E-state index contributed by atoms with van der Waals surface area (Å²) in [5.74, 6) is 0. The van der Waals surface area contributed by atoms with Crippen LogP contribution in [-0.4, -0.2) is 18.3 Å². The fourth-order valence-corrected chi connectivity index (χ4v) is 2.53. The van der Waals surface area contributed by atoms with Gasteiger partial charge in [0, 0.05) is 29.7 Å². The van der Waals surface area contributed by atoms with Crippen LogP contribution < -0.4 is 5.32 Å². The minimum absolute atomic E-state index is 0.281. The van der Waals surface area contributed by atoms with Gasteiger partial charge in [-0.3, -0.25) is 0 Å². The molecule has 1 aliphatic carbocycles. The van der Waals surface area contributed by atoms with Crippen molar-refractivity contribution in [2.24, 2.45) is 5.41 Å². The van der Waals surface area contributed by atoms with Crippen LogP contribution in [0.15, 0.2) is 18.2 Å². The molecule has 1 fully saturated rings. The molecule has 0 atom stereocenters. The third-order valence-electron chi connectivity index (χ3n) is 3.43. The first-order valence-corrected chi connectivity index (χ1v) is 6.66. The lowest BCUT2D eigenvalue weighted by Crippen LogP contribution is -2.24. The van der Waals surface area contributed by atoms with Gasteiger partial charge in [0.05, 0.1) is 0 Å². The van der Waals surface area contributed by atoms with E-state index in [1.165, 1.54) is 12.8 Å². The summed E-state index contributed by atoms with van der Waals surface area (Å²) in [6.07, 6.45) is 3.33. The number of hydrogen-bond acceptors (Lipinski definition) is 2. The fraction of sp³-hybridized carbons (Fsp3) is 0.538. The van der Waals surface area contributed by atoms with Crippen molar-refractivity contribution in [1.82, 2.24) is 5.32 Å². The normalized spacial score (nSPS) is 17.1. The second-order valence-corrected chi connectivity index (χ2v) is 5.66. The molecular formula is C13H17Cl2NO. The van der Waals surface area contributed by atoms with Crippen LogP contribution in [0.4, 0.5) is 0 Å². The van der Waals surface area contributed by atoms with E-state index < -0.39 is 0 Å². The van der Waals surface area contributed by atoms with Gasteiger partial charge in [-0.2, -0.15) is 0 Å². The smallest absolute Gasteiger partial charge is 0.0465 e. The highest BCUT2D eigenvalue weighted by Crippen LogP contribution is 2.47. The molecule has 2 N–H and O–H groups in total. The predicted octanol–water partition coefficient (Wildman–Crippen LogP) is 3.25. The highest BCUT2D eigenvalue weighted by Gasteiger charge is 2.41. The molecule has 2 rings (SSSR count). The average molecular weight is 274 g/mol. The van der Waals surface area contributed by atoms with E-state index in [0.717, 1.165) is 25.1 Å². The third-order valence-corrected chi connectivity index (χ3v) is 4.02. The van der Waals surface area contributed by atoms with E-state index in [4.69, 9.17) is 28.3 Å². The van der Waals surface area contributed by atoms with Gasteiger partial charge in [-0.15, -0.1) is 0 Å². The topological polar surface area (TPSA) is 32.3 Å². The molecular weight excluding hydrogens is 257 g/mol. The Bertz CT molecular complexity index is 391. The molecule has 17 heavy (non-hydrogen) atoms. The van der Waals surface area contributed by atoms with Crippen molar-refractivity contribution >= 4 is 23.2 Å². The van der Waals surface area contributed by atoms with Crippen molar-refractivity contribution < 1.29 is 5.11 Å². The summed E-state index contributed by atoms with van der Waals surface area (Å²) in [7, 11) is 0. The van der Waals surface area contributed by atoms with Crippen molar-refractivity contribution in [3.05, 3.63) is 33.8 Å². The van der Waals surface area contributed by atoms with Crippen molar-refractivity contribution in [2.45, 2.75) is 25.8 Å². The van der Waals surface area contributed by atoms with Crippen molar-refractivity contribution in [1.29, 1.82) is 0 Å². The molecule has 0 bridgehead atoms. The Kier molecular flexibility index (Phi) is 4.31. The molecule has 0 spiro atoms. The molecule has 0 saturated heterocycles. The number of aliphatic hydroxyl groups is 1. The Morgan fingerprint density at radius 1 is 1.29 bits per heavy atom. The SMILES string of the molecule is OCCC1(CNCc2ccc(Cl)cc2Cl)CC1. The summed E-state index contributed by atoms with van der Waals surface area (Å²) in [6.45, 7) is 1.99. The molecule has 1 aromatic carbocycles. The lowest BCUT2D eigenvalue weighted by atomic mass is 10.0. The molecule has 0 heterocycles. The minimum Gasteiger partial charge on any atom is -0.396 e. The van der Waals surface area contributed by atoms with Crippen LogP contribution in [0.5, 0.6) is 0 Å². The Morgan fingerprint density at radius 3 is 2.65 bits per heavy atom. The van der Waals surface area contributed by atoms with Gasteiger partial charge in [-0.1, -0.05) is 29.3 Å². The molecule has 0 unspecified atom stereocenters. The maximum absolute atomic E-state index is 8.97. The zero-order valence-electron chi connectivity index (χ0n) is 9.68. The maximum Gasteiger partial charge on any atom is 0.0465 e. The number of rotatable bonds is 6. The Hall–Kier alpha value is -0.280. The summed E-state index contributed by atoms with van der Waals surface area (Å²) < 4.78 is 0. The van der Waals surface area contributed by atoms with Gasteiger partial charge in [-0.25, -0.2) is 0 Å². The van der Waals surface area contributed by atoms with Crippen LogP contribution in [0.3, 0.4) is 0 Å². The number of hydrogen-bond donors (Lipinski definition) is 2. The molecule has 1 saturated carbocycles. The average Bonchev–Trinajstić information content (AvgIpc) is 3.02. The summed E-state index contributed by atoms with van der Waals surface area (Å²) in [5.41, 5.74) is 1.41. The van der Waals surface area contributed by atoms with Gasteiger partial charge in [0.1, 0.15) is 0 Å². The van der Waals surface area contributed by atoms with Gasteiger partial charge < -0.3 is 10.4 Å². The van der Waals surface area contributed by atoms with Crippen LogP contribution >= 0.6 is 23.2 Å². The van der Waals surface area contributed by atoms with E-state index >= 15 is 0 Å². The fourth-order valence-electron chi connectivity index (χ4n) is 2.06. The highest BCUT2D eigenvalue weighted by atomic mass is 35.5. The lowest BCUT2D eigenvalue weighted by molar-refractivity contribution is 0.245. The maximum atomic E-state index is 8.97. The zero-order chi connectivity index (χ0) is 12.3. The van der Waals surface area contributed by atoms with Crippen LogP contribution in [-0.2, 0) is 6.54 Å². The monoisotopic (exact) mass is 273 g/mol. The van der Waals surface area contributed by atoms with E-state index in [1.807, 2.05) is 12.1 Å². The van der Waals surface area contributed by atoms with E-state index in [9.17, 15) is 0 Å². The number of aliphatic hydroxyl groups excluding tert-OH is 1. The standard InChI is InChI=1S/C13H17Cl2NO/c14-11-2-1-10(12(15)7-11)8-16-9-13(3-4-13)5-6-17/h1-2,7,16-17H,3-6,8-9H2. The number of benzene rings is 1. The second kappa shape index (κ2) is 5.57. The molecule has 0 radical (unpaired) electrons. The number of halogens is 2. The first-order chi connectivity index (χ1) is 8.15. The van der Waals surface area contributed by atoms with Crippen molar-refractivity contribution in [3.8, 4) is 0 Å². The summed E-state index contributed by atoms with van der Waals surface area (Å²) >= 11 is 11.9. The largest absolute Gasteiger partial charge is 0.396 e. The van der Waals surface area contributed by atoms with E-state index in [1.54, 1.807) is 6.07 Å². The van der Waals surface area contributed by atoms with Gasteiger partial charge in [0.15, 0.2) is 0 Å². The lowest BCUT2D eigenvalue weighted by Gasteiger charge is -2.15. The predicted molar refractivity (Wildman–Crippen MR) is 71.5 cm³/mol. The summed E-state index contributed by atoms with van der Waals surface area (Å²) in [5, 5.41) is 13.8. The molecule has 0 aliphatic heterocycles. The third kappa shape index (κ3) is 3.59. The summed E-state index contributed by atoms with van der Waals surface area (Å²) in [6, 6.07) is 5.56. The number of nitrogens with one attached hydrogen (secondary N) is 1. The second-order valence-electron chi connectivity index (χ2n) is 4.81. The molecule has 1 aromatic rings.